The molecule has 3 atom stereocenters. The van der Waals surface area contributed by atoms with Gasteiger partial charge in [-0.15, -0.1) is 0 Å². The van der Waals surface area contributed by atoms with Crippen LogP contribution in [0.3, 0.4) is 0 Å². The average molecular weight is 654 g/mol. The number of fused-ring (bicyclic) bond motifs is 2. The highest BCUT2D eigenvalue weighted by Crippen LogP contribution is 2.38. The van der Waals surface area contributed by atoms with Crippen LogP contribution in [0.2, 0.25) is 0 Å². The van der Waals surface area contributed by atoms with Crippen LogP contribution < -0.4 is 14.5 Å². The molecular weight excluding hydrogens is 610 g/mol. The van der Waals surface area contributed by atoms with Gasteiger partial charge in [0.25, 0.3) is 0 Å². The molecule has 1 amide bonds. The molecule has 0 spiro atoms. The standard InChI is InChI=1S/C36H43N7O5/c1-3-24-7-5-8-25-17-28(45)18-32(34(24)25)41-14-11-30-31(21-41)38-36(48-23-27-9-6-13-40(27)20-29(46)22-44)39-35(30)42-15-16-43(33(47)4-2)26(19-42)10-12-37/h3-5,7-8,17-18,26-27,29,44-46H,1-2,6,9-11,13-16,19-23H2/t26-,27-,29?/m0/s1. The van der Waals surface area contributed by atoms with Crippen LogP contribution in [-0.4, -0.2) is 112 Å². The Morgan fingerprint density at radius 2 is 2.00 bits per heavy atom. The maximum atomic E-state index is 12.6. The first-order valence-corrected chi connectivity index (χ1v) is 16.6. The van der Waals surface area contributed by atoms with E-state index in [2.05, 4.69) is 33.9 Å². The van der Waals surface area contributed by atoms with Crippen LogP contribution in [0.5, 0.6) is 11.8 Å². The number of likely N-dealkylation sites (tertiary alicyclic amines) is 1. The Morgan fingerprint density at radius 3 is 2.77 bits per heavy atom. The van der Waals surface area contributed by atoms with Gasteiger partial charge in [-0.05, 0) is 48.9 Å². The van der Waals surface area contributed by atoms with Gasteiger partial charge < -0.3 is 34.8 Å². The molecule has 2 saturated heterocycles. The van der Waals surface area contributed by atoms with Gasteiger partial charge in [0, 0.05) is 61.5 Å². The maximum absolute atomic E-state index is 12.6. The van der Waals surface area contributed by atoms with Crippen LogP contribution in [0.25, 0.3) is 16.8 Å². The molecule has 48 heavy (non-hydrogen) atoms. The third-order valence-corrected chi connectivity index (χ3v) is 9.68. The number of phenols is 1. The number of rotatable bonds is 11. The molecule has 2 fully saturated rings. The van der Waals surface area contributed by atoms with Crippen molar-refractivity contribution in [3.8, 4) is 17.8 Å². The third kappa shape index (κ3) is 6.80. The number of hydrogen-bond acceptors (Lipinski definition) is 11. The number of nitriles is 1. The number of aromatic nitrogens is 2. The van der Waals surface area contributed by atoms with E-state index in [9.17, 15) is 25.4 Å². The van der Waals surface area contributed by atoms with Gasteiger partial charge in [-0.2, -0.15) is 15.2 Å². The topological polar surface area (TPSA) is 150 Å². The minimum Gasteiger partial charge on any atom is -0.508 e. The highest BCUT2D eigenvalue weighted by atomic mass is 16.5. The summed E-state index contributed by atoms with van der Waals surface area (Å²) < 4.78 is 6.31. The van der Waals surface area contributed by atoms with Gasteiger partial charge in [0.15, 0.2) is 0 Å². The molecule has 3 N–H and O–H groups in total. The van der Waals surface area contributed by atoms with Crippen LogP contribution in [0.1, 0.15) is 36.1 Å². The van der Waals surface area contributed by atoms with E-state index in [4.69, 9.17) is 14.7 Å². The Morgan fingerprint density at radius 1 is 1.15 bits per heavy atom. The number of nitrogens with zero attached hydrogens (tertiary/aromatic N) is 7. The number of anilines is 2. The molecule has 0 radical (unpaired) electrons. The second-order valence-electron chi connectivity index (χ2n) is 12.7. The first-order chi connectivity index (χ1) is 23.3. The van der Waals surface area contributed by atoms with Gasteiger partial charge in [0.1, 0.15) is 18.2 Å². The highest BCUT2D eigenvalue weighted by Gasteiger charge is 2.34. The SMILES string of the molecule is C=CC(=O)N1CCN(c2nc(OC[C@@H]3CCCN3CC(O)CO)nc3c2CCN(c2cc(O)cc4cccc(C=C)c24)C3)C[C@@H]1CC#N. The molecule has 252 valence electrons. The van der Waals surface area contributed by atoms with Gasteiger partial charge in [-0.3, -0.25) is 9.69 Å². The summed E-state index contributed by atoms with van der Waals surface area (Å²) in [5.74, 6) is 0.735. The summed E-state index contributed by atoms with van der Waals surface area (Å²) in [6.45, 7) is 11.4. The number of aromatic hydroxyl groups is 1. The number of amides is 1. The number of hydrogen-bond donors (Lipinski definition) is 3. The molecule has 0 saturated carbocycles. The van der Waals surface area contributed by atoms with Crippen LogP contribution in [0, 0.1) is 11.3 Å². The lowest BCUT2D eigenvalue weighted by Gasteiger charge is -2.42. The quantitative estimate of drug-likeness (QED) is 0.262. The van der Waals surface area contributed by atoms with Crippen molar-refractivity contribution in [2.24, 2.45) is 0 Å². The second-order valence-corrected chi connectivity index (χ2v) is 12.7. The molecule has 0 aliphatic carbocycles. The van der Waals surface area contributed by atoms with Crippen LogP contribution in [-0.2, 0) is 17.8 Å². The van der Waals surface area contributed by atoms with Crippen molar-refractivity contribution in [1.29, 1.82) is 5.26 Å². The zero-order valence-corrected chi connectivity index (χ0v) is 27.2. The zero-order valence-electron chi connectivity index (χ0n) is 27.2. The Kier molecular flexibility index (Phi) is 10.1. The summed E-state index contributed by atoms with van der Waals surface area (Å²) in [6, 6.07) is 11.7. The third-order valence-electron chi connectivity index (χ3n) is 9.68. The van der Waals surface area contributed by atoms with Gasteiger partial charge in [0.2, 0.25) is 5.91 Å². The van der Waals surface area contributed by atoms with E-state index in [1.165, 1.54) is 6.08 Å². The van der Waals surface area contributed by atoms with Gasteiger partial charge in [-0.25, -0.2) is 0 Å². The fourth-order valence-corrected chi connectivity index (χ4v) is 7.32. The van der Waals surface area contributed by atoms with Crippen molar-refractivity contribution in [2.45, 2.75) is 50.4 Å². The van der Waals surface area contributed by atoms with Gasteiger partial charge in [-0.1, -0.05) is 37.4 Å². The van der Waals surface area contributed by atoms with E-state index in [0.29, 0.717) is 52.3 Å². The van der Waals surface area contributed by atoms with Crippen molar-refractivity contribution in [3.63, 3.8) is 0 Å². The molecule has 1 aromatic heterocycles. The summed E-state index contributed by atoms with van der Waals surface area (Å²) in [5, 5.41) is 41.6. The summed E-state index contributed by atoms with van der Waals surface area (Å²) in [4.78, 5) is 30.7. The van der Waals surface area contributed by atoms with Crippen molar-refractivity contribution < 1.29 is 24.9 Å². The normalized spacial score (nSPS) is 20.3. The van der Waals surface area contributed by atoms with Crippen LogP contribution >= 0.6 is 0 Å². The summed E-state index contributed by atoms with van der Waals surface area (Å²) in [5.41, 5.74) is 3.68. The minimum atomic E-state index is -0.814. The lowest BCUT2D eigenvalue weighted by molar-refractivity contribution is -0.128. The number of carbonyl (C=O) groups excluding carboxylic acids is 1. The number of carbonyl (C=O) groups is 1. The van der Waals surface area contributed by atoms with E-state index < -0.39 is 6.10 Å². The predicted octanol–water partition coefficient (Wildman–Crippen LogP) is 2.85. The van der Waals surface area contributed by atoms with Gasteiger partial charge >= 0.3 is 6.01 Å². The predicted molar refractivity (Wildman–Crippen MR) is 184 cm³/mol. The lowest BCUT2D eigenvalue weighted by Crippen LogP contribution is -2.55. The Labute approximate surface area is 280 Å². The lowest BCUT2D eigenvalue weighted by atomic mass is 9.98. The van der Waals surface area contributed by atoms with Crippen molar-refractivity contribution in [3.05, 3.63) is 66.4 Å². The largest absolute Gasteiger partial charge is 0.508 e. The molecule has 3 aliphatic rings. The smallest absolute Gasteiger partial charge is 0.318 e. The average Bonchev–Trinajstić information content (AvgIpc) is 3.55. The fourth-order valence-electron chi connectivity index (χ4n) is 7.32. The number of aliphatic hydroxyl groups is 2. The monoisotopic (exact) mass is 653 g/mol. The van der Waals surface area contributed by atoms with E-state index in [-0.39, 0.29) is 42.8 Å². The second kappa shape index (κ2) is 14.6. The highest BCUT2D eigenvalue weighted by molar-refractivity contribution is 6.01. The van der Waals surface area contributed by atoms with Crippen molar-refractivity contribution >= 4 is 34.3 Å². The molecule has 2 aromatic carbocycles. The molecule has 3 aromatic rings. The summed E-state index contributed by atoms with van der Waals surface area (Å²) >= 11 is 0. The Balaban J connectivity index is 1.34. The first kappa shape index (κ1) is 33.2. The van der Waals surface area contributed by atoms with Crippen molar-refractivity contribution in [2.75, 3.05) is 62.3 Å². The fraction of sp³-hybridized carbons (Fsp3) is 0.444. The molecule has 3 aliphatic heterocycles. The number of β-amino-alcohol motifs (C(OH)–C–C–N with tert-alkyl or cyclic N) is 1. The van der Waals surface area contributed by atoms with E-state index in [0.717, 1.165) is 58.5 Å². The Hall–Kier alpha value is -4.70. The van der Waals surface area contributed by atoms with E-state index >= 15 is 0 Å². The number of phenolic OH excluding ortho intramolecular Hbond substituents is 1. The summed E-state index contributed by atoms with van der Waals surface area (Å²) in [6.07, 6.45) is 5.00. The number of benzene rings is 2. The minimum absolute atomic E-state index is 0.0511. The van der Waals surface area contributed by atoms with Crippen molar-refractivity contribution in [1.82, 2.24) is 19.8 Å². The molecular formula is C36H43N7O5. The molecule has 0 bridgehead atoms. The molecule has 4 heterocycles. The maximum Gasteiger partial charge on any atom is 0.318 e. The number of aliphatic hydroxyl groups excluding tert-OH is 2. The zero-order chi connectivity index (χ0) is 33.8. The number of piperazine rings is 1. The van der Waals surface area contributed by atoms with Crippen LogP contribution in [0.4, 0.5) is 11.5 Å². The van der Waals surface area contributed by atoms with E-state index in [1.807, 2.05) is 24.3 Å². The molecule has 1 unspecified atom stereocenters. The van der Waals surface area contributed by atoms with Crippen LogP contribution in [0.15, 0.2) is 49.6 Å². The Bertz CT molecular complexity index is 1730. The summed E-state index contributed by atoms with van der Waals surface area (Å²) in [7, 11) is 0. The molecule has 12 nitrogen and oxygen atoms in total. The van der Waals surface area contributed by atoms with Gasteiger partial charge in [0.05, 0.1) is 43.5 Å². The van der Waals surface area contributed by atoms with E-state index in [1.54, 1.807) is 17.0 Å². The molecule has 12 heteroatoms. The first-order valence-electron chi connectivity index (χ1n) is 16.6. The molecule has 6 rings (SSSR count). The number of ether oxygens (including phenoxy) is 1.